The number of benzene rings is 1. The highest BCUT2D eigenvalue weighted by Gasteiger charge is 2.33. The van der Waals surface area contributed by atoms with Crippen molar-refractivity contribution in [1.29, 1.82) is 0 Å². The van der Waals surface area contributed by atoms with Gasteiger partial charge < -0.3 is 5.32 Å². The van der Waals surface area contributed by atoms with E-state index in [0.717, 1.165) is 12.8 Å². The molecule has 7 nitrogen and oxygen atoms in total. The predicted molar refractivity (Wildman–Crippen MR) is 79.8 cm³/mol. The van der Waals surface area contributed by atoms with Gasteiger partial charge in [0.25, 0.3) is 5.69 Å². The Morgan fingerprint density at radius 3 is 2.71 bits per heavy atom. The van der Waals surface area contributed by atoms with Crippen molar-refractivity contribution >= 4 is 21.4 Å². The number of nitrogens with one attached hydrogen (secondary N) is 1. The SMILES string of the molecule is CCNc1cc(S(=O)(=O)N2CCCC2C)ccc1[N+](=O)[O-]. The molecule has 0 aromatic heterocycles. The van der Waals surface area contributed by atoms with Gasteiger partial charge >= 0.3 is 0 Å². The standard InChI is InChI=1S/C13H19N3O4S/c1-3-14-12-9-11(6-7-13(12)16(17)18)21(19,20)15-8-4-5-10(15)2/h6-7,9-10,14H,3-5,8H2,1-2H3. The van der Waals surface area contributed by atoms with E-state index in [4.69, 9.17) is 0 Å². The average molecular weight is 313 g/mol. The van der Waals surface area contributed by atoms with E-state index in [0.29, 0.717) is 13.1 Å². The molecule has 116 valence electrons. The zero-order valence-corrected chi connectivity index (χ0v) is 12.9. The van der Waals surface area contributed by atoms with Gasteiger partial charge in [-0.05, 0) is 38.8 Å². The first-order chi connectivity index (χ1) is 9.87. The smallest absolute Gasteiger partial charge is 0.292 e. The Bertz CT molecular complexity index is 645. The molecule has 0 spiro atoms. The molecule has 0 saturated carbocycles. The molecular weight excluding hydrogens is 294 g/mol. The van der Waals surface area contributed by atoms with Gasteiger partial charge in [0.1, 0.15) is 5.69 Å². The normalized spacial score (nSPS) is 19.6. The number of rotatable bonds is 5. The molecule has 0 radical (unpaired) electrons. The molecule has 1 atom stereocenters. The summed E-state index contributed by atoms with van der Waals surface area (Å²) in [7, 11) is -3.60. The van der Waals surface area contributed by atoms with E-state index in [2.05, 4.69) is 5.32 Å². The fourth-order valence-corrected chi connectivity index (χ4v) is 4.29. The number of nitrogens with zero attached hydrogens (tertiary/aromatic N) is 2. The van der Waals surface area contributed by atoms with Crippen LogP contribution in [0.5, 0.6) is 0 Å². The summed E-state index contributed by atoms with van der Waals surface area (Å²) in [5.74, 6) is 0. The summed E-state index contributed by atoms with van der Waals surface area (Å²) in [4.78, 5) is 10.5. The molecule has 2 rings (SSSR count). The lowest BCUT2D eigenvalue weighted by molar-refractivity contribution is -0.384. The number of sulfonamides is 1. The average Bonchev–Trinajstić information content (AvgIpc) is 2.85. The minimum atomic E-state index is -3.60. The van der Waals surface area contributed by atoms with Crippen LogP contribution in [0.15, 0.2) is 23.1 Å². The molecule has 21 heavy (non-hydrogen) atoms. The second-order valence-corrected chi connectivity index (χ2v) is 6.96. The van der Waals surface area contributed by atoms with Crippen LogP contribution in [0.4, 0.5) is 11.4 Å². The van der Waals surface area contributed by atoms with Crippen LogP contribution in [-0.2, 0) is 10.0 Å². The Hall–Kier alpha value is -1.67. The minimum Gasteiger partial charge on any atom is -0.380 e. The molecule has 0 bridgehead atoms. The number of hydrogen-bond donors (Lipinski definition) is 1. The highest BCUT2D eigenvalue weighted by molar-refractivity contribution is 7.89. The van der Waals surface area contributed by atoms with Crippen molar-refractivity contribution in [1.82, 2.24) is 4.31 Å². The lowest BCUT2D eigenvalue weighted by Gasteiger charge is -2.21. The Kier molecular flexibility index (Phi) is 4.48. The van der Waals surface area contributed by atoms with Gasteiger partial charge in [0.05, 0.1) is 9.82 Å². The Balaban J connectivity index is 2.44. The summed E-state index contributed by atoms with van der Waals surface area (Å²) in [6, 6.07) is 3.86. The summed E-state index contributed by atoms with van der Waals surface area (Å²) in [5.41, 5.74) is 0.112. The minimum absolute atomic E-state index is 0.0345. The van der Waals surface area contributed by atoms with Crippen LogP contribution >= 0.6 is 0 Å². The molecule has 1 aromatic rings. The van der Waals surface area contributed by atoms with Crippen molar-refractivity contribution in [3.05, 3.63) is 28.3 Å². The van der Waals surface area contributed by atoms with Crippen LogP contribution in [0.2, 0.25) is 0 Å². The highest BCUT2D eigenvalue weighted by Crippen LogP contribution is 2.31. The molecule has 0 amide bonds. The molecule has 1 aliphatic rings. The Morgan fingerprint density at radius 2 is 2.19 bits per heavy atom. The third kappa shape index (κ3) is 3.01. The first-order valence-electron chi connectivity index (χ1n) is 6.92. The van der Waals surface area contributed by atoms with E-state index in [1.54, 1.807) is 6.92 Å². The molecule has 1 saturated heterocycles. The molecule has 1 aliphatic heterocycles. The second kappa shape index (κ2) is 5.98. The van der Waals surface area contributed by atoms with E-state index < -0.39 is 14.9 Å². The van der Waals surface area contributed by atoms with Gasteiger partial charge in [0.15, 0.2) is 0 Å². The van der Waals surface area contributed by atoms with Crippen molar-refractivity contribution in [2.24, 2.45) is 0 Å². The van der Waals surface area contributed by atoms with E-state index in [1.807, 2.05) is 6.92 Å². The quantitative estimate of drug-likeness (QED) is 0.664. The van der Waals surface area contributed by atoms with Gasteiger partial charge in [-0.3, -0.25) is 10.1 Å². The first-order valence-corrected chi connectivity index (χ1v) is 8.36. The largest absolute Gasteiger partial charge is 0.380 e. The van der Waals surface area contributed by atoms with Gasteiger partial charge in [0, 0.05) is 25.2 Å². The summed E-state index contributed by atoms with van der Waals surface area (Å²) in [6.45, 7) is 4.65. The van der Waals surface area contributed by atoms with Crippen LogP contribution in [0, 0.1) is 10.1 Å². The van der Waals surface area contributed by atoms with E-state index in [1.165, 1.54) is 22.5 Å². The Morgan fingerprint density at radius 1 is 1.48 bits per heavy atom. The van der Waals surface area contributed by atoms with Gasteiger partial charge in [-0.25, -0.2) is 8.42 Å². The maximum atomic E-state index is 12.6. The van der Waals surface area contributed by atoms with Crippen molar-refractivity contribution in [2.45, 2.75) is 37.6 Å². The van der Waals surface area contributed by atoms with Gasteiger partial charge in [-0.15, -0.1) is 0 Å². The number of nitro groups is 1. The molecule has 1 heterocycles. The maximum absolute atomic E-state index is 12.6. The summed E-state index contributed by atoms with van der Waals surface area (Å²) in [5, 5.41) is 13.8. The lowest BCUT2D eigenvalue weighted by atomic mass is 10.2. The lowest BCUT2D eigenvalue weighted by Crippen LogP contribution is -2.33. The topological polar surface area (TPSA) is 92.6 Å². The third-order valence-corrected chi connectivity index (χ3v) is 5.64. The van der Waals surface area contributed by atoms with Crippen molar-refractivity contribution in [2.75, 3.05) is 18.4 Å². The predicted octanol–water partition coefficient (Wildman–Crippen LogP) is 2.20. The van der Waals surface area contributed by atoms with Crippen LogP contribution in [0.3, 0.4) is 0 Å². The van der Waals surface area contributed by atoms with Gasteiger partial charge in [0.2, 0.25) is 10.0 Å². The first kappa shape index (κ1) is 15.7. The Labute approximate surface area is 124 Å². The second-order valence-electron chi connectivity index (χ2n) is 5.07. The van der Waals surface area contributed by atoms with Crippen molar-refractivity contribution in [3.8, 4) is 0 Å². The van der Waals surface area contributed by atoms with Crippen LogP contribution in [-0.4, -0.2) is 36.8 Å². The molecule has 1 aromatic carbocycles. The zero-order valence-electron chi connectivity index (χ0n) is 12.1. The van der Waals surface area contributed by atoms with E-state index >= 15 is 0 Å². The monoisotopic (exact) mass is 313 g/mol. The summed E-state index contributed by atoms with van der Waals surface area (Å²) < 4.78 is 26.7. The van der Waals surface area contributed by atoms with Crippen LogP contribution in [0.1, 0.15) is 26.7 Å². The number of nitro benzene ring substituents is 1. The molecule has 1 unspecified atom stereocenters. The van der Waals surface area contributed by atoms with E-state index in [9.17, 15) is 18.5 Å². The molecule has 1 fully saturated rings. The maximum Gasteiger partial charge on any atom is 0.292 e. The number of hydrogen-bond acceptors (Lipinski definition) is 5. The number of anilines is 1. The molecule has 1 N–H and O–H groups in total. The fourth-order valence-electron chi connectivity index (χ4n) is 2.57. The third-order valence-electron chi connectivity index (χ3n) is 3.63. The van der Waals surface area contributed by atoms with Crippen LogP contribution < -0.4 is 5.32 Å². The molecule has 0 aliphatic carbocycles. The summed E-state index contributed by atoms with van der Waals surface area (Å²) >= 11 is 0. The van der Waals surface area contributed by atoms with Crippen molar-refractivity contribution in [3.63, 3.8) is 0 Å². The van der Waals surface area contributed by atoms with Gasteiger partial charge in [-0.1, -0.05) is 0 Å². The highest BCUT2D eigenvalue weighted by atomic mass is 32.2. The zero-order chi connectivity index (χ0) is 15.6. The van der Waals surface area contributed by atoms with Crippen LogP contribution in [0.25, 0.3) is 0 Å². The summed E-state index contributed by atoms with van der Waals surface area (Å²) in [6.07, 6.45) is 1.68. The fraction of sp³-hybridized carbons (Fsp3) is 0.538. The van der Waals surface area contributed by atoms with Crippen molar-refractivity contribution < 1.29 is 13.3 Å². The van der Waals surface area contributed by atoms with E-state index in [-0.39, 0.29) is 22.3 Å². The molecular formula is C13H19N3O4S. The molecule has 8 heteroatoms. The van der Waals surface area contributed by atoms with Gasteiger partial charge in [-0.2, -0.15) is 4.31 Å².